The van der Waals surface area contributed by atoms with E-state index in [2.05, 4.69) is 4.90 Å². The van der Waals surface area contributed by atoms with E-state index in [1.807, 2.05) is 63.2 Å². The molecule has 1 saturated heterocycles. The second-order valence-corrected chi connectivity index (χ2v) is 10.6. The first-order valence-corrected chi connectivity index (χ1v) is 14.5. The number of aromatic nitrogens is 1. The van der Waals surface area contributed by atoms with Crippen molar-refractivity contribution in [2.24, 2.45) is 5.92 Å². The molecule has 8 heteroatoms. The summed E-state index contributed by atoms with van der Waals surface area (Å²) in [7, 11) is 0. The number of ether oxygens (including phenoxy) is 4. The molecule has 41 heavy (non-hydrogen) atoms. The van der Waals surface area contributed by atoms with Crippen LogP contribution in [0.5, 0.6) is 17.4 Å². The van der Waals surface area contributed by atoms with Gasteiger partial charge in [-0.1, -0.05) is 26.0 Å². The lowest BCUT2D eigenvalue weighted by molar-refractivity contribution is -0.118. The Labute approximate surface area is 242 Å². The molecule has 0 aliphatic carbocycles. The average molecular weight is 565 g/mol. The van der Waals surface area contributed by atoms with E-state index in [-0.39, 0.29) is 24.4 Å². The van der Waals surface area contributed by atoms with Crippen molar-refractivity contribution < 1.29 is 28.1 Å². The van der Waals surface area contributed by atoms with E-state index >= 15 is 0 Å². The number of hydrogen-bond donors (Lipinski definition) is 0. The molecule has 1 aliphatic rings. The molecule has 1 aliphatic heterocycles. The highest BCUT2D eigenvalue weighted by molar-refractivity contribution is 5.81. The van der Waals surface area contributed by atoms with Gasteiger partial charge in [-0.15, -0.1) is 0 Å². The Morgan fingerprint density at radius 3 is 2.51 bits per heavy atom. The standard InChI is InChI=1S/C33H41FN2O5/c1-4-39-30-10-6-26(7-11-30)32-12-8-28(35-33(32)40-18-15-36-13-16-38-17-14-36)22-29(37)9-5-25-19-27(34)21-31(20-25)41-23-24(2)3/h6-8,10-12,19-21,24H,4-5,9,13-18,22-23H2,1-3H3. The smallest absolute Gasteiger partial charge is 0.221 e. The Balaban J connectivity index is 1.42. The van der Waals surface area contributed by atoms with Crippen LogP contribution in [-0.2, 0) is 22.4 Å². The second-order valence-electron chi connectivity index (χ2n) is 10.6. The molecular formula is C33H41FN2O5. The van der Waals surface area contributed by atoms with Crippen molar-refractivity contribution in [3.63, 3.8) is 0 Å². The van der Waals surface area contributed by atoms with E-state index in [9.17, 15) is 9.18 Å². The van der Waals surface area contributed by atoms with Crippen molar-refractivity contribution in [2.45, 2.75) is 40.0 Å². The predicted octanol–water partition coefficient (Wildman–Crippen LogP) is 5.78. The Hall–Kier alpha value is -3.49. The molecule has 0 amide bonds. The zero-order valence-corrected chi connectivity index (χ0v) is 24.4. The first kappa shape index (κ1) is 30.5. The van der Waals surface area contributed by atoms with Crippen LogP contribution in [0.4, 0.5) is 4.39 Å². The third-order valence-electron chi connectivity index (χ3n) is 6.73. The summed E-state index contributed by atoms with van der Waals surface area (Å²) in [4.78, 5) is 20.0. The maximum atomic E-state index is 14.1. The number of carbonyl (C=O) groups is 1. The number of carbonyl (C=O) groups excluding carboxylic acids is 1. The average Bonchev–Trinajstić information content (AvgIpc) is 2.96. The number of aryl methyl sites for hydroxylation is 1. The van der Waals surface area contributed by atoms with Gasteiger partial charge in [0.2, 0.25) is 5.88 Å². The largest absolute Gasteiger partial charge is 0.494 e. The molecule has 0 unspecified atom stereocenters. The fraction of sp³-hybridized carbons (Fsp3) is 0.455. The maximum absolute atomic E-state index is 14.1. The molecule has 220 valence electrons. The van der Waals surface area contributed by atoms with Crippen LogP contribution in [0.2, 0.25) is 0 Å². The summed E-state index contributed by atoms with van der Waals surface area (Å²) in [6, 6.07) is 16.3. The number of morpholine rings is 1. The van der Waals surface area contributed by atoms with Gasteiger partial charge in [-0.25, -0.2) is 9.37 Å². The number of ketones is 1. The van der Waals surface area contributed by atoms with Gasteiger partial charge in [0.1, 0.15) is 29.7 Å². The van der Waals surface area contributed by atoms with E-state index in [0.717, 1.165) is 55.3 Å². The summed E-state index contributed by atoms with van der Waals surface area (Å²) in [5.41, 5.74) is 3.20. The highest BCUT2D eigenvalue weighted by Crippen LogP contribution is 2.30. The van der Waals surface area contributed by atoms with E-state index < -0.39 is 0 Å². The quantitative estimate of drug-likeness (QED) is 0.232. The summed E-state index contributed by atoms with van der Waals surface area (Å²) >= 11 is 0. The Morgan fingerprint density at radius 2 is 1.78 bits per heavy atom. The molecule has 0 saturated carbocycles. The lowest BCUT2D eigenvalue weighted by Crippen LogP contribution is -2.38. The number of nitrogens with zero attached hydrogens (tertiary/aromatic N) is 2. The molecule has 2 heterocycles. The highest BCUT2D eigenvalue weighted by atomic mass is 19.1. The Morgan fingerprint density at radius 1 is 1.00 bits per heavy atom. The number of pyridine rings is 1. The lowest BCUT2D eigenvalue weighted by atomic mass is 10.0. The zero-order chi connectivity index (χ0) is 29.0. The van der Waals surface area contributed by atoms with E-state index in [4.69, 9.17) is 23.9 Å². The number of benzene rings is 2. The first-order chi connectivity index (χ1) is 19.9. The van der Waals surface area contributed by atoms with Crippen LogP contribution >= 0.6 is 0 Å². The monoisotopic (exact) mass is 564 g/mol. The predicted molar refractivity (Wildman–Crippen MR) is 157 cm³/mol. The fourth-order valence-electron chi connectivity index (χ4n) is 4.59. The lowest BCUT2D eigenvalue weighted by Gasteiger charge is -2.26. The number of halogens is 1. The van der Waals surface area contributed by atoms with Crippen LogP contribution in [0, 0.1) is 11.7 Å². The van der Waals surface area contributed by atoms with Gasteiger partial charge >= 0.3 is 0 Å². The van der Waals surface area contributed by atoms with Gasteiger partial charge in [0.25, 0.3) is 0 Å². The summed E-state index contributed by atoms with van der Waals surface area (Å²) in [6.45, 7) is 11.6. The Kier molecular flexibility index (Phi) is 11.5. The molecular weight excluding hydrogens is 523 g/mol. The molecule has 2 aromatic carbocycles. The first-order valence-electron chi connectivity index (χ1n) is 14.5. The summed E-state index contributed by atoms with van der Waals surface area (Å²) < 4.78 is 37.0. The van der Waals surface area contributed by atoms with Crippen molar-refractivity contribution in [2.75, 3.05) is 52.7 Å². The minimum absolute atomic E-state index is 0.0273. The van der Waals surface area contributed by atoms with E-state index in [0.29, 0.717) is 49.5 Å². The molecule has 4 rings (SSSR count). The zero-order valence-electron chi connectivity index (χ0n) is 24.4. The molecule has 0 radical (unpaired) electrons. The van der Waals surface area contributed by atoms with Crippen molar-refractivity contribution in [1.29, 1.82) is 0 Å². The molecule has 3 aromatic rings. The van der Waals surface area contributed by atoms with E-state index in [1.165, 1.54) is 12.1 Å². The van der Waals surface area contributed by atoms with Gasteiger partial charge in [0, 0.05) is 44.1 Å². The topological polar surface area (TPSA) is 70.1 Å². The summed E-state index contributed by atoms with van der Waals surface area (Å²) in [5, 5.41) is 0. The summed E-state index contributed by atoms with van der Waals surface area (Å²) in [6.07, 6.45) is 0.889. The van der Waals surface area contributed by atoms with Gasteiger partial charge < -0.3 is 18.9 Å². The molecule has 0 spiro atoms. The number of rotatable bonds is 15. The third kappa shape index (κ3) is 9.83. The van der Waals surface area contributed by atoms with Gasteiger partial charge in [0.15, 0.2) is 0 Å². The molecule has 1 aromatic heterocycles. The molecule has 0 atom stereocenters. The van der Waals surface area contributed by atoms with Crippen molar-refractivity contribution in [3.8, 4) is 28.5 Å². The van der Waals surface area contributed by atoms with Crippen LogP contribution in [0.3, 0.4) is 0 Å². The van der Waals surface area contributed by atoms with Crippen molar-refractivity contribution in [1.82, 2.24) is 9.88 Å². The SMILES string of the molecule is CCOc1ccc(-c2ccc(CC(=O)CCc3cc(F)cc(OCC(C)C)c3)nc2OCCN2CCOCC2)cc1. The normalized spacial score (nSPS) is 13.8. The Bertz CT molecular complexity index is 1260. The van der Waals surface area contributed by atoms with Crippen LogP contribution in [0.15, 0.2) is 54.6 Å². The number of Topliss-reactive ketones (excluding diaryl/α,β-unsaturated/α-hetero) is 1. The number of hydrogen-bond acceptors (Lipinski definition) is 7. The van der Waals surface area contributed by atoms with E-state index in [1.54, 1.807) is 0 Å². The molecule has 1 fully saturated rings. The van der Waals surface area contributed by atoms with Crippen molar-refractivity contribution in [3.05, 3.63) is 71.7 Å². The van der Waals surface area contributed by atoms with Crippen LogP contribution in [0.25, 0.3) is 11.1 Å². The van der Waals surface area contributed by atoms with Gasteiger partial charge in [0.05, 0.1) is 32.1 Å². The minimum Gasteiger partial charge on any atom is -0.494 e. The van der Waals surface area contributed by atoms with Gasteiger partial charge in [-0.05, 0) is 66.8 Å². The van der Waals surface area contributed by atoms with Crippen LogP contribution in [-0.4, -0.2) is 68.3 Å². The maximum Gasteiger partial charge on any atom is 0.221 e. The molecule has 0 N–H and O–H groups in total. The molecule has 7 nitrogen and oxygen atoms in total. The van der Waals surface area contributed by atoms with Crippen LogP contribution < -0.4 is 14.2 Å². The van der Waals surface area contributed by atoms with Crippen molar-refractivity contribution >= 4 is 5.78 Å². The second kappa shape index (κ2) is 15.5. The highest BCUT2D eigenvalue weighted by Gasteiger charge is 2.15. The third-order valence-corrected chi connectivity index (χ3v) is 6.73. The summed E-state index contributed by atoms with van der Waals surface area (Å²) in [5.74, 6) is 1.80. The van der Waals surface area contributed by atoms with Gasteiger partial charge in [-0.2, -0.15) is 0 Å². The van der Waals surface area contributed by atoms with Crippen LogP contribution in [0.1, 0.15) is 38.4 Å². The van der Waals surface area contributed by atoms with Gasteiger partial charge in [-0.3, -0.25) is 9.69 Å². The molecule has 0 bridgehead atoms. The fourth-order valence-corrected chi connectivity index (χ4v) is 4.59. The minimum atomic E-state index is -0.362.